The first-order chi connectivity index (χ1) is 11.7. The largest absolute Gasteiger partial charge is 0.244 e. The van der Waals surface area contributed by atoms with Crippen LogP contribution < -0.4 is 10.9 Å². The van der Waals surface area contributed by atoms with Crippen LogP contribution in [0.15, 0.2) is 72.8 Å². The average Bonchev–Trinajstić information content (AvgIpc) is 2.62. The molecule has 0 bridgehead atoms. The van der Waals surface area contributed by atoms with Crippen LogP contribution in [0.5, 0.6) is 0 Å². The lowest BCUT2D eigenvalue weighted by atomic mass is 9.92. The van der Waals surface area contributed by atoms with Gasteiger partial charge in [-0.3, -0.25) is 0 Å². The molecular weight excluding hydrogens is 290 g/mol. The molecule has 0 unspecified atom stereocenters. The van der Waals surface area contributed by atoms with Crippen LogP contribution in [0, 0.1) is 0 Å². The molecule has 3 aromatic carbocycles. The van der Waals surface area contributed by atoms with Gasteiger partial charge in [-0.1, -0.05) is 71.6 Å². The lowest BCUT2D eigenvalue weighted by Gasteiger charge is -2.11. The Kier molecular flexibility index (Phi) is 3.66. The summed E-state index contributed by atoms with van der Waals surface area (Å²) in [6.45, 7) is 0. The van der Waals surface area contributed by atoms with Gasteiger partial charge in [-0.05, 0) is 12.1 Å². The molecule has 4 aromatic rings. The Bertz CT molecular complexity index is 926. The molecule has 0 saturated carbocycles. The van der Waals surface area contributed by atoms with Crippen LogP contribution in [0.4, 0.5) is 0 Å². The molecule has 24 heavy (non-hydrogen) atoms. The Morgan fingerprint density at radius 1 is 0.500 bits per heavy atom. The van der Waals surface area contributed by atoms with Gasteiger partial charge in [0, 0.05) is 11.1 Å². The lowest BCUT2D eigenvalue weighted by Crippen LogP contribution is -2.02. The molecule has 0 aliphatic heterocycles. The highest BCUT2D eigenvalue weighted by atomic mass is 14.8. The highest BCUT2D eigenvalue weighted by molar-refractivity contribution is 6.32. The third kappa shape index (κ3) is 2.71. The molecule has 4 heteroatoms. The van der Waals surface area contributed by atoms with Crippen molar-refractivity contribution in [2.45, 2.75) is 0 Å². The summed E-state index contributed by atoms with van der Waals surface area (Å²) in [6.07, 6.45) is 0. The van der Waals surface area contributed by atoms with Crippen LogP contribution in [0.1, 0.15) is 0 Å². The Labute approximate surface area is 143 Å². The van der Waals surface area contributed by atoms with Gasteiger partial charge in [0.1, 0.15) is 15.7 Å². The van der Waals surface area contributed by atoms with Gasteiger partial charge in [-0.2, -0.15) is 0 Å². The summed E-state index contributed by atoms with van der Waals surface area (Å²) in [4.78, 5) is 9.82. The van der Waals surface area contributed by atoms with Crippen molar-refractivity contribution < 1.29 is 0 Å². The van der Waals surface area contributed by atoms with Gasteiger partial charge >= 0.3 is 0 Å². The van der Waals surface area contributed by atoms with Crippen molar-refractivity contribution in [3.8, 4) is 22.5 Å². The molecule has 0 N–H and O–H groups in total. The van der Waals surface area contributed by atoms with Gasteiger partial charge in [-0.25, -0.2) is 9.97 Å². The van der Waals surface area contributed by atoms with Gasteiger partial charge in [0.25, 0.3) is 0 Å². The van der Waals surface area contributed by atoms with E-state index in [1.807, 2.05) is 24.3 Å². The van der Waals surface area contributed by atoms with E-state index in [-0.39, 0.29) is 0 Å². The molecule has 1 heterocycles. The zero-order chi connectivity index (χ0) is 16.5. The second-order valence-electron chi connectivity index (χ2n) is 6.14. The van der Waals surface area contributed by atoms with E-state index in [1.54, 1.807) is 0 Å². The van der Waals surface area contributed by atoms with Crippen molar-refractivity contribution in [2.75, 3.05) is 0 Å². The van der Waals surface area contributed by atoms with Crippen LogP contribution in [-0.4, -0.2) is 25.7 Å². The molecule has 0 radical (unpaired) electrons. The molecule has 112 valence electrons. The SMILES string of the molecule is Bc1ccc(-c2nc3ccccc3nc2-c2ccc(B)cc2)cc1. The Balaban J connectivity index is 2.00. The van der Waals surface area contributed by atoms with E-state index in [9.17, 15) is 0 Å². The molecule has 0 amide bonds. The van der Waals surface area contributed by atoms with Gasteiger partial charge in [0.15, 0.2) is 0 Å². The molecule has 0 aliphatic rings. The van der Waals surface area contributed by atoms with Gasteiger partial charge in [0.2, 0.25) is 0 Å². The number of hydrogen-bond acceptors (Lipinski definition) is 2. The number of nitrogens with zero attached hydrogens (tertiary/aromatic N) is 2. The standard InChI is InChI=1S/C20H16B2N2/c21-15-9-5-13(6-10-15)19-20(14-7-11-16(22)12-8-14)24-18-4-2-1-3-17(18)23-19/h1-12H,21-22H2. The van der Waals surface area contributed by atoms with E-state index in [0.717, 1.165) is 33.5 Å². The third-order valence-corrected chi connectivity index (χ3v) is 4.22. The Morgan fingerprint density at radius 3 is 1.25 bits per heavy atom. The molecule has 0 atom stereocenters. The van der Waals surface area contributed by atoms with E-state index in [1.165, 1.54) is 10.9 Å². The lowest BCUT2D eigenvalue weighted by molar-refractivity contribution is 1.29. The first-order valence-electron chi connectivity index (χ1n) is 8.11. The molecule has 0 fully saturated rings. The van der Waals surface area contributed by atoms with Crippen molar-refractivity contribution in [3.63, 3.8) is 0 Å². The fourth-order valence-corrected chi connectivity index (χ4v) is 2.83. The highest BCUT2D eigenvalue weighted by Crippen LogP contribution is 2.30. The van der Waals surface area contributed by atoms with Crippen molar-refractivity contribution >= 4 is 37.7 Å². The zero-order valence-corrected chi connectivity index (χ0v) is 13.8. The summed E-state index contributed by atoms with van der Waals surface area (Å²) in [6, 6.07) is 25.0. The summed E-state index contributed by atoms with van der Waals surface area (Å²) in [5, 5.41) is 0. The van der Waals surface area contributed by atoms with Gasteiger partial charge in [-0.15, -0.1) is 0 Å². The van der Waals surface area contributed by atoms with Crippen LogP contribution in [0.25, 0.3) is 33.5 Å². The van der Waals surface area contributed by atoms with E-state index < -0.39 is 0 Å². The zero-order valence-electron chi connectivity index (χ0n) is 13.8. The maximum Gasteiger partial charge on any atom is 0.139 e. The van der Waals surface area contributed by atoms with Crippen LogP contribution >= 0.6 is 0 Å². The van der Waals surface area contributed by atoms with Crippen LogP contribution in [0.2, 0.25) is 0 Å². The summed E-state index contributed by atoms with van der Waals surface area (Å²) in [7, 11) is 4.19. The molecular formula is C20H16B2N2. The van der Waals surface area contributed by atoms with E-state index >= 15 is 0 Å². The fourth-order valence-electron chi connectivity index (χ4n) is 2.83. The quantitative estimate of drug-likeness (QED) is 0.524. The van der Waals surface area contributed by atoms with Crippen molar-refractivity contribution in [2.24, 2.45) is 0 Å². The first kappa shape index (κ1) is 14.7. The second kappa shape index (κ2) is 5.97. The summed E-state index contributed by atoms with van der Waals surface area (Å²) < 4.78 is 0. The minimum Gasteiger partial charge on any atom is -0.244 e. The van der Waals surface area contributed by atoms with Crippen molar-refractivity contribution in [3.05, 3.63) is 72.8 Å². The summed E-state index contributed by atoms with van der Waals surface area (Å²) in [5.74, 6) is 0. The number of benzene rings is 3. The minimum absolute atomic E-state index is 0.920. The van der Waals surface area contributed by atoms with Crippen LogP contribution in [-0.2, 0) is 0 Å². The maximum absolute atomic E-state index is 4.91. The Morgan fingerprint density at radius 2 is 0.875 bits per heavy atom. The van der Waals surface area contributed by atoms with E-state index in [4.69, 9.17) is 9.97 Å². The second-order valence-corrected chi connectivity index (χ2v) is 6.14. The number of para-hydroxylation sites is 2. The molecule has 0 spiro atoms. The molecule has 2 nitrogen and oxygen atoms in total. The fraction of sp³-hybridized carbons (Fsp3) is 0. The monoisotopic (exact) mass is 306 g/mol. The topological polar surface area (TPSA) is 25.8 Å². The minimum atomic E-state index is 0.920. The average molecular weight is 306 g/mol. The molecule has 1 aromatic heterocycles. The number of aromatic nitrogens is 2. The van der Waals surface area contributed by atoms with Crippen LogP contribution in [0.3, 0.4) is 0 Å². The molecule has 4 rings (SSSR count). The molecule has 0 saturated heterocycles. The Hall–Kier alpha value is -2.87. The summed E-state index contributed by atoms with van der Waals surface area (Å²) >= 11 is 0. The normalized spacial score (nSPS) is 10.8. The van der Waals surface area contributed by atoms with E-state index in [0.29, 0.717) is 0 Å². The number of rotatable bonds is 2. The third-order valence-electron chi connectivity index (χ3n) is 4.22. The van der Waals surface area contributed by atoms with Gasteiger partial charge in [0.05, 0.1) is 22.4 Å². The predicted molar refractivity (Wildman–Crippen MR) is 107 cm³/mol. The molecule has 0 aliphatic carbocycles. The smallest absolute Gasteiger partial charge is 0.139 e. The first-order valence-corrected chi connectivity index (χ1v) is 8.11. The van der Waals surface area contributed by atoms with Crippen molar-refractivity contribution in [1.82, 2.24) is 9.97 Å². The predicted octanol–water partition coefficient (Wildman–Crippen LogP) is 1.48. The number of fused-ring (bicyclic) bond motifs is 1. The number of hydrogen-bond donors (Lipinski definition) is 0. The highest BCUT2D eigenvalue weighted by Gasteiger charge is 2.12. The summed E-state index contributed by atoms with van der Waals surface area (Å²) in [5.41, 5.74) is 8.36. The van der Waals surface area contributed by atoms with E-state index in [2.05, 4.69) is 64.2 Å². The maximum atomic E-state index is 4.91. The van der Waals surface area contributed by atoms with Crippen molar-refractivity contribution in [1.29, 1.82) is 0 Å². The van der Waals surface area contributed by atoms with Gasteiger partial charge < -0.3 is 0 Å².